The molecule has 0 bridgehead atoms. The van der Waals surface area contributed by atoms with E-state index in [1.54, 1.807) is 0 Å². The number of anilines is 1. The van der Waals surface area contributed by atoms with Crippen LogP contribution in [0.4, 0.5) is 5.82 Å². The van der Waals surface area contributed by atoms with E-state index in [0.717, 1.165) is 50.5 Å². The van der Waals surface area contributed by atoms with E-state index in [2.05, 4.69) is 36.1 Å². The minimum Gasteiger partial charge on any atom is -0.378 e. The van der Waals surface area contributed by atoms with Gasteiger partial charge in [0, 0.05) is 18.5 Å². The van der Waals surface area contributed by atoms with Gasteiger partial charge in [0.1, 0.15) is 5.82 Å². The van der Waals surface area contributed by atoms with Crippen molar-refractivity contribution in [2.24, 2.45) is 5.73 Å². The molecule has 0 radical (unpaired) electrons. The number of benzene rings is 1. The molecular weight excluding hydrogens is 262 g/mol. The number of pyridine rings is 1. The van der Waals surface area contributed by atoms with Crippen LogP contribution in [0.25, 0.3) is 10.9 Å². The number of hydrogen-bond donors (Lipinski definition) is 1. The monoisotopic (exact) mass is 285 g/mol. The fourth-order valence-electron chi connectivity index (χ4n) is 2.91. The second-order valence-corrected chi connectivity index (χ2v) is 5.61. The maximum absolute atomic E-state index is 5.69. The summed E-state index contributed by atoms with van der Waals surface area (Å²) in [4.78, 5) is 7.33. The SMILES string of the molecule is Cc1cccc2cc(CCCN)c(N3CCOCC3)nc12. The third kappa shape index (κ3) is 3.01. The Morgan fingerprint density at radius 1 is 1.29 bits per heavy atom. The van der Waals surface area contributed by atoms with Crippen LogP contribution in [0.2, 0.25) is 0 Å². The zero-order valence-electron chi connectivity index (χ0n) is 12.6. The molecule has 2 heterocycles. The van der Waals surface area contributed by atoms with Crippen molar-refractivity contribution in [2.45, 2.75) is 19.8 Å². The van der Waals surface area contributed by atoms with E-state index < -0.39 is 0 Å². The van der Waals surface area contributed by atoms with Crippen LogP contribution in [0.3, 0.4) is 0 Å². The van der Waals surface area contributed by atoms with Crippen LogP contribution >= 0.6 is 0 Å². The van der Waals surface area contributed by atoms with E-state index in [9.17, 15) is 0 Å². The Kier molecular flexibility index (Phi) is 4.36. The molecule has 1 saturated heterocycles. The molecule has 1 aromatic heterocycles. The summed E-state index contributed by atoms with van der Waals surface area (Å²) in [6.07, 6.45) is 1.98. The minimum absolute atomic E-state index is 0.717. The molecule has 1 aromatic carbocycles. The highest BCUT2D eigenvalue weighted by atomic mass is 16.5. The molecule has 112 valence electrons. The molecule has 2 N–H and O–H groups in total. The summed E-state index contributed by atoms with van der Waals surface area (Å²) in [5, 5.41) is 1.22. The first-order valence-corrected chi connectivity index (χ1v) is 7.71. The number of para-hydroxylation sites is 1. The van der Waals surface area contributed by atoms with Crippen LogP contribution in [0.5, 0.6) is 0 Å². The molecule has 0 atom stereocenters. The highest BCUT2D eigenvalue weighted by Gasteiger charge is 2.17. The van der Waals surface area contributed by atoms with Crippen molar-refractivity contribution in [3.8, 4) is 0 Å². The van der Waals surface area contributed by atoms with Gasteiger partial charge in [0.05, 0.1) is 18.7 Å². The number of aromatic nitrogens is 1. The summed E-state index contributed by atoms with van der Waals surface area (Å²) >= 11 is 0. The van der Waals surface area contributed by atoms with Gasteiger partial charge in [-0.3, -0.25) is 0 Å². The average Bonchev–Trinajstić information content (AvgIpc) is 2.53. The Hall–Kier alpha value is -1.65. The van der Waals surface area contributed by atoms with Gasteiger partial charge in [-0.25, -0.2) is 4.98 Å². The van der Waals surface area contributed by atoms with E-state index in [-0.39, 0.29) is 0 Å². The molecule has 0 saturated carbocycles. The molecule has 1 fully saturated rings. The smallest absolute Gasteiger partial charge is 0.132 e. The lowest BCUT2D eigenvalue weighted by Gasteiger charge is -2.30. The maximum Gasteiger partial charge on any atom is 0.132 e. The summed E-state index contributed by atoms with van der Waals surface area (Å²) in [6.45, 7) is 6.24. The first kappa shape index (κ1) is 14.3. The van der Waals surface area contributed by atoms with Crippen molar-refractivity contribution < 1.29 is 4.74 Å². The molecule has 0 spiro atoms. The van der Waals surface area contributed by atoms with Gasteiger partial charge in [-0.15, -0.1) is 0 Å². The fraction of sp³-hybridized carbons (Fsp3) is 0.471. The predicted octanol–water partition coefficient (Wildman–Crippen LogP) is 2.27. The van der Waals surface area contributed by atoms with Crippen LogP contribution in [0.1, 0.15) is 17.5 Å². The van der Waals surface area contributed by atoms with E-state index in [1.807, 2.05) is 0 Å². The van der Waals surface area contributed by atoms with Crippen LogP contribution < -0.4 is 10.6 Å². The molecule has 2 aromatic rings. The summed E-state index contributed by atoms with van der Waals surface area (Å²) in [6, 6.07) is 8.65. The third-order valence-corrected chi connectivity index (χ3v) is 4.06. The number of nitrogens with zero attached hydrogens (tertiary/aromatic N) is 2. The molecule has 0 aliphatic carbocycles. The fourth-order valence-corrected chi connectivity index (χ4v) is 2.91. The number of rotatable bonds is 4. The molecule has 3 rings (SSSR count). The van der Waals surface area contributed by atoms with Crippen LogP contribution in [-0.4, -0.2) is 37.8 Å². The van der Waals surface area contributed by atoms with E-state index in [1.165, 1.54) is 16.5 Å². The first-order valence-electron chi connectivity index (χ1n) is 7.71. The van der Waals surface area contributed by atoms with Crippen LogP contribution in [-0.2, 0) is 11.2 Å². The number of aryl methyl sites for hydroxylation is 2. The molecule has 0 amide bonds. The molecule has 1 aliphatic rings. The van der Waals surface area contributed by atoms with Crippen LogP contribution in [0, 0.1) is 6.92 Å². The number of hydrogen-bond acceptors (Lipinski definition) is 4. The summed E-state index contributed by atoms with van der Waals surface area (Å²) in [7, 11) is 0. The largest absolute Gasteiger partial charge is 0.378 e. The number of morpholine rings is 1. The molecule has 0 unspecified atom stereocenters. The Bertz CT molecular complexity index is 621. The van der Waals surface area contributed by atoms with E-state index >= 15 is 0 Å². The van der Waals surface area contributed by atoms with Gasteiger partial charge < -0.3 is 15.4 Å². The van der Waals surface area contributed by atoms with Crippen LogP contribution in [0.15, 0.2) is 24.3 Å². The van der Waals surface area contributed by atoms with Gasteiger partial charge in [-0.2, -0.15) is 0 Å². The standard InChI is InChI=1S/C17H23N3O/c1-13-4-2-5-14-12-15(6-3-7-18)17(19-16(13)14)20-8-10-21-11-9-20/h2,4-5,12H,3,6-11,18H2,1H3. The number of fused-ring (bicyclic) bond motifs is 1. The van der Waals surface area contributed by atoms with Gasteiger partial charge in [0.2, 0.25) is 0 Å². The third-order valence-electron chi connectivity index (χ3n) is 4.06. The van der Waals surface area contributed by atoms with E-state index in [4.69, 9.17) is 15.5 Å². The lowest BCUT2D eigenvalue weighted by atomic mass is 10.0. The molecule has 4 heteroatoms. The lowest BCUT2D eigenvalue weighted by molar-refractivity contribution is 0.122. The maximum atomic E-state index is 5.69. The topological polar surface area (TPSA) is 51.4 Å². The number of nitrogens with two attached hydrogens (primary N) is 1. The van der Waals surface area contributed by atoms with Gasteiger partial charge in [0.15, 0.2) is 0 Å². The second kappa shape index (κ2) is 6.41. The molecule has 1 aliphatic heterocycles. The van der Waals surface area contributed by atoms with Crippen molar-refractivity contribution >= 4 is 16.7 Å². The molecule has 4 nitrogen and oxygen atoms in total. The van der Waals surface area contributed by atoms with Crippen molar-refractivity contribution in [3.05, 3.63) is 35.4 Å². The number of ether oxygens (including phenoxy) is 1. The quantitative estimate of drug-likeness (QED) is 0.936. The van der Waals surface area contributed by atoms with Crippen molar-refractivity contribution in [3.63, 3.8) is 0 Å². The Labute approximate surface area is 125 Å². The average molecular weight is 285 g/mol. The highest BCUT2D eigenvalue weighted by Crippen LogP contribution is 2.27. The van der Waals surface area contributed by atoms with E-state index in [0.29, 0.717) is 6.54 Å². The Balaban J connectivity index is 2.06. The lowest BCUT2D eigenvalue weighted by Crippen LogP contribution is -2.37. The van der Waals surface area contributed by atoms with Crippen molar-refractivity contribution in [1.82, 2.24) is 4.98 Å². The summed E-state index contributed by atoms with van der Waals surface area (Å²) < 4.78 is 5.46. The summed E-state index contributed by atoms with van der Waals surface area (Å²) in [5.74, 6) is 1.12. The second-order valence-electron chi connectivity index (χ2n) is 5.61. The van der Waals surface area contributed by atoms with Gasteiger partial charge >= 0.3 is 0 Å². The highest BCUT2D eigenvalue weighted by molar-refractivity contribution is 5.84. The molecular formula is C17H23N3O. The minimum atomic E-state index is 0.717. The zero-order valence-corrected chi connectivity index (χ0v) is 12.6. The van der Waals surface area contributed by atoms with Gasteiger partial charge in [0.25, 0.3) is 0 Å². The van der Waals surface area contributed by atoms with Gasteiger partial charge in [-0.1, -0.05) is 18.2 Å². The van der Waals surface area contributed by atoms with Crippen molar-refractivity contribution in [2.75, 3.05) is 37.7 Å². The molecule has 21 heavy (non-hydrogen) atoms. The summed E-state index contributed by atoms with van der Waals surface area (Å²) in [5.41, 5.74) is 9.33. The Morgan fingerprint density at radius 3 is 2.86 bits per heavy atom. The first-order chi connectivity index (χ1) is 10.3. The normalized spacial score (nSPS) is 15.6. The predicted molar refractivity (Wildman–Crippen MR) is 86.9 cm³/mol. The Morgan fingerprint density at radius 2 is 2.10 bits per heavy atom. The van der Waals surface area contributed by atoms with Crippen molar-refractivity contribution in [1.29, 1.82) is 0 Å². The zero-order chi connectivity index (χ0) is 14.7. The van der Waals surface area contributed by atoms with Gasteiger partial charge in [-0.05, 0) is 43.5 Å².